The summed E-state index contributed by atoms with van der Waals surface area (Å²) in [7, 11) is 0. The number of rotatable bonds is 5. The maximum absolute atomic E-state index is 5.81. The number of nitrogens with one attached hydrogen (secondary N) is 1. The molecule has 1 saturated carbocycles. The number of nitrogens with zero attached hydrogens (tertiary/aromatic N) is 1. The third-order valence-corrected chi connectivity index (χ3v) is 4.13. The van der Waals surface area contributed by atoms with Crippen LogP contribution in [-0.2, 0) is 4.74 Å². The highest BCUT2D eigenvalue weighted by Crippen LogP contribution is 2.33. The molecule has 0 radical (unpaired) electrons. The highest BCUT2D eigenvalue weighted by atomic mass is 16.5. The van der Waals surface area contributed by atoms with Crippen LogP contribution in [0.5, 0.6) is 0 Å². The Morgan fingerprint density at radius 1 is 1.18 bits per heavy atom. The summed E-state index contributed by atoms with van der Waals surface area (Å²) in [6, 6.07) is 0.813. The molecule has 0 bridgehead atoms. The summed E-state index contributed by atoms with van der Waals surface area (Å²) in [6.07, 6.45) is 4.84. The van der Waals surface area contributed by atoms with Crippen molar-refractivity contribution in [2.24, 2.45) is 5.92 Å². The van der Waals surface area contributed by atoms with Crippen LogP contribution >= 0.6 is 0 Å². The smallest absolute Gasteiger partial charge is 0.0678 e. The molecule has 0 aromatic rings. The first kappa shape index (κ1) is 13.3. The largest absolute Gasteiger partial charge is 0.373 e. The number of hydrogen-bond donors (Lipinski definition) is 1. The molecule has 0 aromatic carbocycles. The molecule has 1 aliphatic heterocycles. The minimum atomic E-state index is 0.406. The maximum atomic E-state index is 5.81. The highest BCUT2D eigenvalue weighted by Gasteiger charge is 2.37. The monoisotopic (exact) mass is 240 g/mol. The zero-order valence-corrected chi connectivity index (χ0v) is 11.6. The topological polar surface area (TPSA) is 24.5 Å². The van der Waals surface area contributed by atoms with Crippen LogP contribution in [0.2, 0.25) is 0 Å². The number of morpholine rings is 1. The van der Waals surface area contributed by atoms with E-state index in [0.717, 1.165) is 25.0 Å². The third kappa shape index (κ3) is 3.43. The Kier molecular flexibility index (Phi) is 4.83. The van der Waals surface area contributed by atoms with Gasteiger partial charge in [-0.1, -0.05) is 6.92 Å². The summed E-state index contributed by atoms with van der Waals surface area (Å²) in [5, 5.41) is 3.57. The van der Waals surface area contributed by atoms with Crippen LogP contribution in [0, 0.1) is 5.92 Å². The SMILES string of the molecule is CCCNCC1CCC1N1C[C@@H](C)O[C@@H](C)C1. The molecule has 4 atom stereocenters. The predicted molar refractivity (Wildman–Crippen MR) is 71.3 cm³/mol. The molecule has 1 N–H and O–H groups in total. The van der Waals surface area contributed by atoms with Gasteiger partial charge in [-0.25, -0.2) is 0 Å². The van der Waals surface area contributed by atoms with Crippen LogP contribution in [0.15, 0.2) is 0 Å². The molecule has 1 heterocycles. The zero-order chi connectivity index (χ0) is 12.3. The molecule has 2 fully saturated rings. The van der Waals surface area contributed by atoms with Crippen molar-refractivity contribution in [3.63, 3.8) is 0 Å². The van der Waals surface area contributed by atoms with Crippen LogP contribution in [0.1, 0.15) is 40.0 Å². The second-order valence-corrected chi connectivity index (χ2v) is 5.82. The van der Waals surface area contributed by atoms with Gasteiger partial charge in [0.05, 0.1) is 12.2 Å². The van der Waals surface area contributed by atoms with Crippen molar-refractivity contribution in [2.75, 3.05) is 26.2 Å². The fraction of sp³-hybridized carbons (Fsp3) is 1.00. The lowest BCUT2D eigenvalue weighted by Gasteiger charge is -2.48. The molecule has 100 valence electrons. The van der Waals surface area contributed by atoms with Gasteiger partial charge in [0.25, 0.3) is 0 Å². The highest BCUT2D eigenvalue weighted by molar-refractivity contribution is 4.92. The van der Waals surface area contributed by atoms with E-state index in [9.17, 15) is 0 Å². The van der Waals surface area contributed by atoms with Crippen LogP contribution < -0.4 is 5.32 Å². The second-order valence-electron chi connectivity index (χ2n) is 5.82. The van der Waals surface area contributed by atoms with E-state index in [1.54, 1.807) is 0 Å². The van der Waals surface area contributed by atoms with E-state index in [0.29, 0.717) is 12.2 Å². The van der Waals surface area contributed by atoms with Crippen molar-refractivity contribution in [1.82, 2.24) is 10.2 Å². The van der Waals surface area contributed by atoms with Crippen molar-refractivity contribution >= 4 is 0 Å². The molecular weight excluding hydrogens is 212 g/mol. The van der Waals surface area contributed by atoms with Gasteiger partial charge in [0, 0.05) is 19.1 Å². The molecule has 1 saturated heterocycles. The molecular formula is C14H28N2O. The minimum Gasteiger partial charge on any atom is -0.373 e. The third-order valence-electron chi connectivity index (χ3n) is 4.13. The van der Waals surface area contributed by atoms with Gasteiger partial charge in [0.2, 0.25) is 0 Å². The normalized spacial score (nSPS) is 39.0. The first-order valence-electron chi connectivity index (χ1n) is 7.31. The summed E-state index contributed by atoms with van der Waals surface area (Å²) < 4.78 is 5.81. The van der Waals surface area contributed by atoms with Gasteiger partial charge in [0.15, 0.2) is 0 Å². The average Bonchev–Trinajstić information content (AvgIpc) is 2.21. The van der Waals surface area contributed by atoms with Crippen molar-refractivity contribution in [2.45, 2.75) is 58.3 Å². The standard InChI is InChI=1S/C14H28N2O/c1-4-7-15-8-13-5-6-14(13)16-9-11(2)17-12(3)10-16/h11-15H,4-10H2,1-3H3/t11-,12+,13?,14?. The fourth-order valence-electron chi connectivity index (χ4n) is 3.22. The molecule has 0 amide bonds. The molecule has 3 heteroatoms. The summed E-state index contributed by atoms with van der Waals surface area (Å²) in [4.78, 5) is 2.67. The predicted octanol–water partition coefficient (Wildman–Crippen LogP) is 1.87. The summed E-state index contributed by atoms with van der Waals surface area (Å²) in [5.41, 5.74) is 0. The van der Waals surface area contributed by atoms with Gasteiger partial charge in [-0.05, 0) is 52.1 Å². The molecule has 2 aliphatic rings. The van der Waals surface area contributed by atoms with E-state index in [2.05, 4.69) is 31.0 Å². The Bertz CT molecular complexity index is 224. The van der Waals surface area contributed by atoms with E-state index in [1.807, 2.05) is 0 Å². The lowest BCUT2D eigenvalue weighted by molar-refractivity contribution is -0.100. The van der Waals surface area contributed by atoms with Gasteiger partial charge in [-0.15, -0.1) is 0 Å². The number of ether oxygens (including phenoxy) is 1. The first-order valence-corrected chi connectivity index (χ1v) is 7.31. The van der Waals surface area contributed by atoms with Gasteiger partial charge in [0.1, 0.15) is 0 Å². The molecule has 2 rings (SSSR count). The van der Waals surface area contributed by atoms with Gasteiger partial charge in [-0.2, -0.15) is 0 Å². The molecule has 0 spiro atoms. The first-order chi connectivity index (χ1) is 8.20. The fourth-order valence-corrected chi connectivity index (χ4v) is 3.22. The number of hydrogen-bond acceptors (Lipinski definition) is 3. The Morgan fingerprint density at radius 2 is 1.88 bits per heavy atom. The van der Waals surface area contributed by atoms with Gasteiger partial charge in [-0.3, -0.25) is 4.90 Å². The van der Waals surface area contributed by atoms with Crippen LogP contribution in [0.4, 0.5) is 0 Å². The maximum Gasteiger partial charge on any atom is 0.0678 e. The van der Waals surface area contributed by atoms with E-state index in [1.165, 1.54) is 32.4 Å². The van der Waals surface area contributed by atoms with Crippen LogP contribution in [-0.4, -0.2) is 49.3 Å². The molecule has 3 nitrogen and oxygen atoms in total. The van der Waals surface area contributed by atoms with Crippen LogP contribution in [0.25, 0.3) is 0 Å². The van der Waals surface area contributed by atoms with Crippen molar-refractivity contribution in [3.05, 3.63) is 0 Å². The van der Waals surface area contributed by atoms with Crippen molar-refractivity contribution < 1.29 is 4.74 Å². The Labute approximate surface area is 106 Å². The lowest BCUT2D eigenvalue weighted by Crippen LogP contribution is -2.57. The zero-order valence-electron chi connectivity index (χ0n) is 11.6. The molecule has 17 heavy (non-hydrogen) atoms. The Morgan fingerprint density at radius 3 is 2.41 bits per heavy atom. The molecule has 0 aromatic heterocycles. The molecule has 2 unspecified atom stereocenters. The summed E-state index contributed by atoms with van der Waals surface area (Å²) >= 11 is 0. The minimum absolute atomic E-state index is 0.406. The van der Waals surface area contributed by atoms with E-state index in [-0.39, 0.29) is 0 Å². The van der Waals surface area contributed by atoms with Crippen molar-refractivity contribution in [1.29, 1.82) is 0 Å². The van der Waals surface area contributed by atoms with E-state index < -0.39 is 0 Å². The summed E-state index contributed by atoms with van der Waals surface area (Å²) in [6.45, 7) is 11.3. The van der Waals surface area contributed by atoms with Crippen molar-refractivity contribution in [3.8, 4) is 0 Å². The second kappa shape index (κ2) is 6.17. The Balaban J connectivity index is 1.77. The van der Waals surface area contributed by atoms with E-state index >= 15 is 0 Å². The Hall–Kier alpha value is -0.120. The van der Waals surface area contributed by atoms with Gasteiger partial charge >= 0.3 is 0 Å². The van der Waals surface area contributed by atoms with E-state index in [4.69, 9.17) is 4.74 Å². The lowest BCUT2D eigenvalue weighted by atomic mass is 9.78. The quantitative estimate of drug-likeness (QED) is 0.743. The molecule has 1 aliphatic carbocycles. The average molecular weight is 240 g/mol. The summed E-state index contributed by atoms with van der Waals surface area (Å²) in [5.74, 6) is 0.874. The van der Waals surface area contributed by atoms with Gasteiger partial charge < -0.3 is 10.1 Å². The van der Waals surface area contributed by atoms with Crippen LogP contribution in [0.3, 0.4) is 0 Å².